The molecule has 3 amide bonds. The van der Waals surface area contributed by atoms with Crippen LogP contribution in [0.2, 0.25) is 0 Å². The zero-order valence-electron chi connectivity index (χ0n) is 34.2. The van der Waals surface area contributed by atoms with Crippen LogP contribution in [-0.4, -0.2) is 127 Å². The Hall–Kier alpha value is -4.53. The maximum absolute atomic E-state index is 13.5. The van der Waals surface area contributed by atoms with E-state index in [0.717, 1.165) is 70.1 Å². The number of carbonyl (C=O) groups excluding carboxylic acids is 3. The SMILES string of the molecule is O=C1COc2c(CCNCCN(C(=O)CCOCCc3cccc(CN4CCC5(CC4)CN(C(=O)[C@H](O)c4ccccc4)CCO5)c3)C3CCCCC3)ccc(O)c2N1. The predicted octanol–water partition coefficient (Wildman–Crippen LogP) is 4.59. The number of phenolic OH excluding ortho intramolecular Hbond substituents is 1. The Labute approximate surface area is 348 Å². The maximum Gasteiger partial charge on any atom is 0.262 e. The van der Waals surface area contributed by atoms with Crippen molar-refractivity contribution in [1.29, 1.82) is 0 Å². The van der Waals surface area contributed by atoms with Crippen LogP contribution in [0.4, 0.5) is 5.69 Å². The van der Waals surface area contributed by atoms with E-state index in [1.807, 2.05) is 24.3 Å². The highest BCUT2D eigenvalue weighted by Gasteiger charge is 2.42. The van der Waals surface area contributed by atoms with Crippen molar-refractivity contribution in [2.24, 2.45) is 0 Å². The van der Waals surface area contributed by atoms with Gasteiger partial charge in [0.05, 0.1) is 31.8 Å². The summed E-state index contributed by atoms with van der Waals surface area (Å²) < 4.78 is 18.0. The van der Waals surface area contributed by atoms with Crippen LogP contribution in [0.1, 0.15) is 79.7 Å². The average molecular weight is 812 g/mol. The van der Waals surface area contributed by atoms with Crippen molar-refractivity contribution in [1.82, 2.24) is 20.0 Å². The quantitative estimate of drug-likeness (QED) is 0.113. The minimum atomic E-state index is -1.16. The number of aliphatic hydroxyl groups is 1. The van der Waals surface area contributed by atoms with Crippen LogP contribution in [0.5, 0.6) is 11.5 Å². The first-order valence-electron chi connectivity index (χ1n) is 21.6. The topological polar surface area (TPSA) is 153 Å². The van der Waals surface area contributed by atoms with Crippen LogP contribution in [0, 0.1) is 0 Å². The number of ether oxygens (including phenoxy) is 3. The Morgan fingerprint density at radius 3 is 2.56 bits per heavy atom. The van der Waals surface area contributed by atoms with Gasteiger partial charge in [0.2, 0.25) is 5.91 Å². The van der Waals surface area contributed by atoms with E-state index in [-0.39, 0.29) is 41.7 Å². The lowest BCUT2D eigenvalue weighted by Gasteiger charge is -2.47. The number of carbonyl (C=O) groups is 3. The normalized spacial score (nSPS) is 18.8. The first kappa shape index (κ1) is 42.6. The second-order valence-corrected chi connectivity index (χ2v) is 16.5. The molecule has 4 aliphatic rings. The molecule has 3 heterocycles. The number of hydrogen-bond donors (Lipinski definition) is 4. The zero-order valence-corrected chi connectivity index (χ0v) is 34.2. The second-order valence-electron chi connectivity index (χ2n) is 16.5. The van der Waals surface area contributed by atoms with Crippen LogP contribution in [0.3, 0.4) is 0 Å². The fourth-order valence-corrected chi connectivity index (χ4v) is 9.00. The van der Waals surface area contributed by atoms with E-state index in [1.54, 1.807) is 23.1 Å². The molecule has 0 aromatic heterocycles. The third kappa shape index (κ3) is 11.4. The monoisotopic (exact) mass is 811 g/mol. The molecule has 3 fully saturated rings. The molecule has 3 aromatic rings. The van der Waals surface area contributed by atoms with E-state index in [2.05, 4.69) is 44.7 Å². The molecule has 0 radical (unpaired) electrons. The number of rotatable bonds is 17. The molecule has 1 aliphatic carbocycles. The van der Waals surface area contributed by atoms with Crippen LogP contribution < -0.4 is 15.4 Å². The van der Waals surface area contributed by atoms with E-state index in [4.69, 9.17) is 14.2 Å². The van der Waals surface area contributed by atoms with Gasteiger partial charge in [0, 0.05) is 51.9 Å². The number of nitrogens with one attached hydrogen (secondary N) is 2. The molecule has 1 spiro atoms. The molecule has 0 unspecified atom stereocenters. The molecular weight excluding hydrogens is 751 g/mol. The van der Waals surface area contributed by atoms with Crippen molar-refractivity contribution in [2.75, 3.05) is 77.6 Å². The van der Waals surface area contributed by atoms with E-state index in [9.17, 15) is 24.6 Å². The van der Waals surface area contributed by atoms with Crippen molar-refractivity contribution in [2.45, 2.75) is 88.5 Å². The van der Waals surface area contributed by atoms with Gasteiger partial charge in [-0.1, -0.05) is 79.9 Å². The highest BCUT2D eigenvalue weighted by atomic mass is 16.5. The van der Waals surface area contributed by atoms with E-state index >= 15 is 0 Å². The molecule has 13 heteroatoms. The smallest absolute Gasteiger partial charge is 0.262 e. The first-order chi connectivity index (χ1) is 28.8. The Bertz CT molecular complexity index is 1860. The Kier molecular flexibility index (Phi) is 14.9. The number of piperidine rings is 1. The number of aromatic hydroxyl groups is 1. The number of fused-ring (bicyclic) bond motifs is 1. The van der Waals surface area contributed by atoms with Crippen molar-refractivity contribution >= 4 is 23.4 Å². The van der Waals surface area contributed by atoms with Gasteiger partial charge < -0.3 is 44.9 Å². The second kappa shape index (κ2) is 20.6. The van der Waals surface area contributed by atoms with Gasteiger partial charge in [-0.05, 0) is 73.4 Å². The summed E-state index contributed by atoms with van der Waals surface area (Å²) in [7, 11) is 0. The molecule has 59 heavy (non-hydrogen) atoms. The minimum absolute atomic E-state index is 0.00831. The van der Waals surface area contributed by atoms with Gasteiger partial charge in [0.1, 0.15) is 11.4 Å². The fourth-order valence-electron chi connectivity index (χ4n) is 9.00. The lowest BCUT2D eigenvalue weighted by molar-refractivity contribution is -0.166. The predicted molar refractivity (Wildman–Crippen MR) is 224 cm³/mol. The zero-order chi connectivity index (χ0) is 41.0. The highest BCUT2D eigenvalue weighted by Crippen LogP contribution is 2.39. The van der Waals surface area contributed by atoms with E-state index in [0.29, 0.717) is 82.4 Å². The lowest BCUT2D eigenvalue weighted by Crippen LogP contribution is -2.58. The number of nitrogens with zero attached hydrogens (tertiary/aromatic N) is 3. The summed E-state index contributed by atoms with van der Waals surface area (Å²) in [5, 5.41) is 27.1. The van der Waals surface area contributed by atoms with Crippen molar-refractivity contribution in [3.05, 3.63) is 89.0 Å². The third-order valence-electron chi connectivity index (χ3n) is 12.3. The molecular formula is C46H61N5O8. The van der Waals surface area contributed by atoms with Gasteiger partial charge in [-0.3, -0.25) is 19.3 Å². The number of anilines is 1. The summed E-state index contributed by atoms with van der Waals surface area (Å²) in [4.78, 5) is 44.8. The maximum atomic E-state index is 13.5. The number of amides is 3. The first-order valence-corrected chi connectivity index (χ1v) is 21.6. The summed E-state index contributed by atoms with van der Waals surface area (Å²) >= 11 is 0. The van der Waals surface area contributed by atoms with Crippen molar-refractivity contribution in [3.8, 4) is 11.5 Å². The van der Waals surface area contributed by atoms with Crippen LogP contribution in [0.15, 0.2) is 66.7 Å². The van der Waals surface area contributed by atoms with Crippen LogP contribution in [0.25, 0.3) is 0 Å². The standard InChI is InChI=1S/C46H61N5O8/c52-39-15-14-37(44-42(39)48-40(53)32-58-44)16-21-47-22-25-51(38-12-5-2-6-13-38)41(54)18-28-57-27-17-34-8-7-9-35(30-34)31-49-23-19-46(20-24-49)33-50(26-29-59-46)45(56)43(55)36-10-3-1-4-11-36/h1,3-4,7-11,14-15,30,38,43,47,52,55H,2,5-6,12-13,16-29,31-33H2,(H,48,53)/t43-/m1/s1. The van der Waals surface area contributed by atoms with Crippen molar-refractivity contribution in [3.63, 3.8) is 0 Å². The molecule has 1 saturated carbocycles. The number of morpholine rings is 1. The molecule has 13 nitrogen and oxygen atoms in total. The number of benzene rings is 3. The van der Waals surface area contributed by atoms with Crippen molar-refractivity contribution < 1.29 is 38.8 Å². The van der Waals surface area contributed by atoms with Gasteiger partial charge in [-0.15, -0.1) is 0 Å². The number of likely N-dealkylation sites (tertiary alicyclic amines) is 1. The number of aliphatic hydroxyl groups excluding tert-OH is 1. The largest absolute Gasteiger partial charge is 0.506 e. The minimum Gasteiger partial charge on any atom is -0.506 e. The summed E-state index contributed by atoms with van der Waals surface area (Å²) in [5.74, 6) is 0.113. The van der Waals surface area contributed by atoms with E-state index in [1.165, 1.54) is 17.5 Å². The van der Waals surface area contributed by atoms with Gasteiger partial charge in [-0.25, -0.2) is 0 Å². The summed E-state index contributed by atoms with van der Waals surface area (Å²) in [6, 6.07) is 21.4. The Balaban J connectivity index is 0.810. The van der Waals surface area contributed by atoms with Gasteiger partial charge in [0.25, 0.3) is 11.8 Å². The Morgan fingerprint density at radius 1 is 0.949 bits per heavy atom. The lowest BCUT2D eigenvalue weighted by atomic mass is 9.88. The molecule has 1 atom stereocenters. The molecule has 7 rings (SSSR count). The molecule has 3 aromatic carbocycles. The summed E-state index contributed by atoms with van der Waals surface area (Å²) in [6.45, 7) is 6.91. The highest BCUT2D eigenvalue weighted by molar-refractivity contribution is 5.97. The average Bonchev–Trinajstić information content (AvgIpc) is 3.26. The van der Waals surface area contributed by atoms with Crippen LogP contribution >= 0.6 is 0 Å². The molecule has 3 aliphatic heterocycles. The molecule has 0 bridgehead atoms. The molecule has 318 valence electrons. The summed E-state index contributed by atoms with van der Waals surface area (Å²) in [6.07, 6.45) is 7.90. The molecule has 4 N–H and O–H groups in total. The van der Waals surface area contributed by atoms with E-state index < -0.39 is 6.10 Å². The Morgan fingerprint density at radius 2 is 1.75 bits per heavy atom. The summed E-state index contributed by atoms with van der Waals surface area (Å²) in [5.41, 5.74) is 3.94. The number of hydrogen-bond acceptors (Lipinski definition) is 10. The third-order valence-corrected chi connectivity index (χ3v) is 12.3. The number of phenols is 1. The van der Waals surface area contributed by atoms with Gasteiger partial charge >= 0.3 is 0 Å². The van der Waals surface area contributed by atoms with Gasteiger partial charge in [-0.2, -0.15) is 0 Å². The van der Waals surface area contributed by atoms with Crippen LogP contribution in [-0.2, 0) is 43.2 Å². The van der Waals surface area contributed by atoms with Gasteiger partial charge in [0.15, 0.2) is 18.5 Å². The fraction of sp³-hybridized carbons (Fsp3) is 0.543. The molecule has 2 saturated heterocycles.